The number of anilines is 1. The van der Waals surface area contributed by atoms with Crippen LogP contribution in [0.1, 0.15) is 11.1 Å². The normalized spacial score (nSPS) is 11.9. The van der Waals surface area contributed by atoms with Crippen LogP contribution >= 0.6 is 15.9 Å². The van der Waals surface area contributed by atoms with Crippen LogP contribution in [0, 0.1) is 5.82 Å². The van der Waals surface area contributed by atoms with Gasteiger partial charge >= 0.3 is 0 Å². The van der Waals surface area contributed by atoms with Crippen molar-refractivity contribution in [3.63, 3.8) is 0 Å². The summed E-state index contributed by atoms with van der Waals surface area (Å²) < 4.78 is 43.2. The summed E-state index contributed by atoms with van der Waals surface area (Å²) in [6.07, 6.45) is 0.213. The summed E-state index contributed by atoms with van der Waals surface area (Å²) in [6.45, 7) is -0.554. The maximum atomic E-state index is 14.2. The highest BCUT2D eigenvalue weighted by molar-refractivity contribution is 9.10. The summed E-state index contributed by atoms with van der Waals surface area (Å²) >= 11 is 3.41. The zero-order chi connectivity index (χ0) is 29.4. The molecule has 7 nitrogen and oxygen atoms in total. The van der Waals surface area contributed by atoms with E-state index in [-0.39, 0.29) is 23.5 Å². The molecule has 0 aliphatic carbocycles. The first-order chi connectivity index (χ1) is 19.7. The van der Waals surface area contributed by atoms with Crippen molar-refractivity contribution < 1.29 is 22.4 Å². The highest BCUT2D eigenvalue weighted by Gasteiger charge is 2.34. The van der Waals surface area contributed by atoms with Crippen LogP contribution in [-0.4, -0.2) is 44.8 Å². The Hall–Kier alpha value is -4.02. The van der Waals surface area contributed by atoms with Crippen LogP contribution in [0.2, 0.25) is 0 Å². The van der Waals surface area contributed by atoms with Crippen molar-refractivity contribution in [3.05, 3.63) is 131 Å². The van der Waals surface area contributed by atoms with Crippen molar-refractivity contribution in [2.24, 2.45) is 0 Å². The fourth-order valence-corrected chi connectivity index (χ4v) is 6.06. The molecule has 4 aromatic carbocycles. The van der Waals surface area contributed by atoms with E-state index in [0.717, 1.165) is 32.0 Å². The largest absolute Gasteiger partial charge is 0.357 e. The van der Waals surface area contributed by atoms with E-state index in [1.807, 2.05) is 54.6 Å². The molecule has 0 radical (unpaired) electrons. The van der Waals surface area contributed by atoms with Gasteiger partial charge in [0.25, 0.3) is 10.0 Å². The Morgan fingerprint density at radius 1 is 0.829 bits per heavy atom. The van der Waals surface area contributed by atoms with E-state index in [0.29, 0.717) is 0 Å². The van der Waals surface area contributed by atoms with Crippen LogP contribution in [-0.2, 0) is 32.6 Å². The van der Waals surface area contributed by atoms with E-state index < -0.39 is 40.2 Å². The third kappa shape index (κ3) is 7.59. The Bertz CT molecular complexity index is 1570. The molecule has 10 heteroatoms. The molecule has 0 saturated heterocycles. The van der Waals surface area contributed by atoms with Gasteiger partial charge in [0.05, 0.1) is 10.6 Å². The first-order valence-electron chi connectivity index (χ1n) is 12.8. The quantitative estimate of drug-likeness (QED) is 0.246. The Morgan fingerprint density at radius 2 is 1.41 bits per heavy atom. The number of sulfonamides is 1. The Kier molecular flexibility index (Phi) is 9.91. The van der Waals surface area contributed by atoms with E-state index in [2.05, 4.69) is 21.2 Å². The fourth-order valence-electron chi connectivity index (χ4n) is 4.36. The Balaban J connectivity index is 1.77. The summed E-state index contributed by atoms with van der Waals surface area (Å²) in [5.41, 5.74) is 1.71. The monoisotopic (exact) mass is 637 g/mol. The second kappa shape index (κ2) is 13.6. The fraction of sp³-hybridized carbons (Fsp3) is 0.161. The third-order valence-electron chi connectivity index (χ3n) is 6.51. The van der Waals surface area contributed by atoms with E-state index >= 15 is 0 Å². The molecule has 1 N–H and O–H groups in total. The van der Waals surface area contributed by atoms with Crippen molar-refractivity contribution in [3.8, 4) is 0 Å². The SMILES string of the molecule is CNC(=O)[C@H](Cc1ccccc1)N(Cc1ccc(Br)cc1)C(=O)CN(c1ccc(F)cc1)S(=O)(=O)c1ccccc1. The molecule has 0 aliphatic rings. The summed E-state index contributed by atoms with van der Waals surface area (Å²) in [7, 11) is -2.73. The van der Waals surface area contributed by atoms with Crippen LogP contribution < -0.4 is 9.62 Å². The minimum Gasteiger partial charge on any atom is -0.357 e. The lowest BCUT2D eigenvalue weighted by Gasteiger charge is -2.33. The lowest BCUT2D eigenvalue weighted by Crippen LogP contribution is -2.53. The van der Waals surface area contributed by atoms with Crippen molar-refractivity contribution in [1.82, 2.24) is 10.2 Å². The average molecular weight is 639 g/mol. The average Bonchev–Trinajstić information content (AvgIpc) is 2.99. The summed E-state index contributed by atoms with van der Waals surface area (Å²) in [6, 6.07) is 28.2. The summed E-state index contributed by atoms with van der Waals surface area (Å²) in [5.74, 6) is -1.53. The molecule has 4 rings (SSSR count). The van der Waals surface area contributed by atoms with Gasteiger partial charge in [0.15, 0.2) is 0 Å². The van der Waals surface area contributed by atoms with Gasteiger partial charge in [0.2, 0.25) is 11.8 Å². The molecule has 0 bridgehead atoms. The number of likely N-dealkylation sites (N-methyl/N-ethyl adjacent to an activating group) is 1. The van der Waals surface area contributed by atoms with Gasteiger partial charge in [-0.2, -0.15) is 0 Å². The van der Waals surface area contributed by atoms with Crippen molar-refractivity contribution in [2.45, 2.75) is 23.9 Å². The molecular formula is C31H29BrFN3O4S. The minimum absolute atomic E-state index is 0.0243. The van der Waals surface area contributed by atoms with E-state index in [1.54, 1.807) is 18.2 Å². The highest BCUT2D eigenvalue weighted by Crippen LogP contribution is 2.25. The van der Waals surface area contributed by atoms with Gasteiger partial charge in [-0.3, -0.25) is 13.9 Å². The molecule has 41 heavy (non-hydrogen) atoms. The first kappa shape index (κ1) is 30.0. The maximum absolute atomic E-state index is 14.2. The van der Waals surface area contributed by atoms with E-state index in [1.165, 1.54) is 36.2 Å². The number of carbonyl (C=O) groups excluding carboxylic acids is 2. The lowest BCUT2D eigenvalue weighted by atomic mass is 10.0. The van der Waals surface area contributed by atoms with Crippen LogP contribution in [0.25, 0.3) is 0 Å². The summed E-state index contributed by atoms with van der Waals surface area (Å²) in [5, 5.41) is 2.65. The number of benzene rings is 4. The smallest absolute Gasteiger partial charge is 0.264 e. The zero-order valence-corrected chi connectivity index (χ0v) is 24.7. The molecule has 212 valence electrons. The van der Waals surface area contributed by atoms with Crippen molar-refractivity contribution >= 4 is 43.5 Å². The number of carbonyl (C=O) groups is 2. The number of hydrogen-bond donors (Lipinski definition) is 1. The second-order valence-corrected chi connectivity index (χ2v) is 12.0. The standard InChI is InChI=1S/C31H29BrFN3O4S/c1-34-31(38)29(20-23-8-4-2-5-9-23)35(21-24-12-14-25(32)15-13-24)30(37)22-36(27-18-16-26(33)17-19-27)41(39,40)28-10-6-3-7-11-28/h2-19,29H,20-22H2,1H3,(H,34,38)/t29-/m0/s1. The van der Waals surface area contributed by atoms with Crippen LogP contribution in [0.3, 0.4) is 0 Å². The van der Waals surface area contributed by atoms with Gasteiger partial charge < -0.3 is 10.2 Å². The van der Waals surface area contributed by atoms with Gasteiger partial charge in [-0.05, 0) is 59.7 Å². The second-order valence-electron chi connectivity index (χ2n) is 9.27. The van der Waals surface area contributed by atoms with Crippen LogP contribution in [0.15, 0.2) is 119 Å². The number of hydrogen-bond acceptors (Lipinski definition) is 4. The van der Waals surface area contributed by atoms with Gasteiger partial charge in [0.1, 0.15) is 18.4 Å². The highest BCUT2D eigenvalue weighted by atomic mass is 79.9. The third-order valence-corrected chi connectivity index (χ3v) is 8.83. The van der Waals surface area contributed by atoms with Crippen LogP contribution in [0.4, 0.5) is 10.1 Å². The maximum Gasteiger partial charge on any atom is 0.264 e. The molecular weight excluding hydrogens is 609 g/mol. The molecule has 0 unspecified atom stereocenters. The van der Waals surface area contributed by atoms with Gasteiger partial charge in [-0.15, -0.1) is 0 Å². The number of nitrogens with one attached hydrogen (secondary N) is 1. The van der Waals surface area contributed by atoms with Crippen LogP contribution in [0.5, 0.6) is 0 Å². The lowest BCUT2D eigenvalue weighted by molar-refractivity contribution is -0.139. The summed E-state index contributed by atoms with van der Waals surface area (Å²) in [4.78, 5) is 28.8. The van der Waals surface area contributed by atoms with Gasteiger partial charge in [-0.1, -0.05) is 76.6 Å². The molecule has 0 fully saturated rings. The predicted octanol–water partition coefficient (Wildman–Crippen LogP) is 5.17. The molecule has 0 aromatic heterocycles. The molecule has 1 atom stereocenters. The minimum atomic E-state index is -4.23. The topological polar surface area (TPSA) is 86.8 Å². The van der Waals surface area contributed by atoms with Crippen molar-refractivity contribution in [1.29, 1.82) is 0 Å². The number of nitrogens with zero attached hydrogens (tertiary/aromatic N) is 2. The van der Waals surface area contributed by atoms with Gasteiger partial charge in [-0.25, -0.2) is 12.8 Å². The predicted molar refractivity (Wildman–Crippen MR) is 160 cm³/mol. The molecule has 0 saturated carbocycles. The number of amides is 2. The molecule has 0 spiro atoms. The molecule has 4 aromatic rings. The zero-order valence-electron chi connectivity index (χ0n) is 22.3. The molecule has 0 heterocycles. The Labute approximate surface area is 247 Å². The number of halogens is 2. The Morgan fingerprint density at radius 3 is 2.00 bits per heavy atom. The van der Waals surface area contributed by atoms with Gasteiger partial charge in [0, 0.05) is 24.5 Å². The molecule has 0 aliphatic heterocycles. The van der Waals surface area contributed by atoms with Crippen molar-refractivity contribution in [2.75, 3.05) is 17.9 Å². The first-order valence-corrected chi connectivity index (χ1v) is 15.0. The number of rotatable bonds is 11. The molecule has 2 amide bonds. The van der Waals surface area contributed by atoms with E-state index in [9.17, 15) is 22.4 Å². The van der Waals surface area contributed by atoms with E-state index in [4.69, 9.17) is 0 Å².